The van der Waals surface area contributed by atoms with Crippen molar-refractivity contribution in [1.82, 2.24) is 5.32 Å². The number of hydrogen-bond acceptors (Lipinski definition) is 4. The third kappa shape index (κ3) is 3.80. The van der Waals surface area contributed by atoms with Gasteiger partial charge in [0.15, 0.2) is 11.5 Å². The van der Waals surface area contributed by atoms with Crippen LogP contribution in [0.3, 0.4) is 0 Å². The molecule has 0 amide bonds. The van der Waals surface area contributed by atoms with Gasteiger partial charge < -0.3 is 14.8 Å². The van der Waals surface area contributed by atoms with Gasteiger partial charge in [-0.2, -0.15) is 11.8 Å². The van der Waals surface area contributed by atoms with Gasteiger partial charge >= 0.3 is 0 Å². The second kappa shape index (κ2) is 7.06. The predicted molar refractivity (Wildman–Crippen MR) is 81.4 cm³/mol. The minimum Gasteiger partial charge on any atom is -0.493 e. The molecule has 1 N–H and O–H groups in total. The monoisotopic (exact) mass is 281 g/mol. The SMILES string of the molecule is COc1ccc([C@H](C)N[C@H]2CCCSC2)cc1OC. The Hall–Kier alpha value is -0.870. The van der Waals surface area contributed by atoms with Crippen LogP contribution in [0.2, 0.25) is 0 Å². The highest BCUT2D eigenvalue weighted by Gasteiger charge is 2.17. The van der Waals surface area contributed by atoms with Crippen molar-refractivity contribution in [2.75, 3.05) is 25.7 Å². The van der Waals surface area contributed by atoms with Gasteiger partial charge in [-0.15, -0.1) is 0 Å². The fraction of sp³-hybridized carbons (Fsp3) is 0.600. The maximum atomic E-state index is 5.36. The molecule has 2 atom stereocenters. The molecule has 0 spiro atoms. The lowest BCUT2D eigenvalue weighted by Gasteiger charge is -2.26. The number of rotatable bonds is 5. The zero-order valence-corrected chi connectivity index (χ0v) is 12.8. The molecule has 0 saturated carbocycles. The molecule has 1 aliphatic rings. The van der Waals surface area contributed by atoms with Crippen molar-refractivity contribution in [1.29, 1.82) is 0 Å². The van der Waals surface area contributed by atoms with E-state index >= 15 is 0 Å². The van der Waals surface area contributed by atoms with Crippen LogP contribution in [-0.4, -0.2) is 31.8 Å². The standard InChI is InChI=1S/C15H23NO2S/c1-11(16-13-5-4-8-19-10-13)12-6-7-14(17-2)15(9-12)18-3/h6-7,9,11,13,16H,4-5,8,10H2,1-3H3/t11-,13-/m0/s1. The minimum atomic E-state index is 0.337. The smallest absolute Gasteiger partial charge is 0.161 e. The van der Waals surface area contributed by atoms with Gasteiger partial charge in [0.25, 0.3) is 0 Å². The Labute approximate surface area is 120 Å². The molecular formula is C15H23NO2S. The summed E-state index contributed by atoms with van der Waals surface area (Å²) in [6.45, 7) is 2.21. The van der Waals surface area contributed by atoms with Gasteiger partial charge in [-0.25, -0.2) is 0 Å². The second-order valence-electron chi connectivity index (χ2n) is 4.92. The topological polar surface area (TPSA) is 30.5 Å². The third-order valence-corrected chi connectivity index (χ3v) is 4.77. The lowest BCUT2D eigenvalue weighted by molar-refractivity contribution is 0.353. The van der Waals surface area contributed by atoms with Crippen LogP contribution in [0, 0.1) is 0 Å². The number of benzene rings is 1. The van der Waals surface area contributed by atoms with E-state index < -0.39 is 0 Å². The van der Waals surface area contributed by atoms with Crippen LogP contribution in [0.15, 0.2) is 18.2 Å². The molecule has 4 heteroatoms. The highest BCUT2D eigenvalue weighted by Crippen LogP contribution is 2.30. The van der Waals surface area contributed by atoms with E-state index in [1.165, 1.54) is 29.9 Å². The van der Waals surface area contributed by atoms with Crippen molar-refractivity contribution in [2.45, 2.75) is 31.8 Å². The Balaban J connectivity index is 2.03. The van der Waals surface area contributed by atoms with Crippen LogP contribution < -0.4 is 14.8 Å². The van der Waals surface area contributed by atoms with Crippen molar-refractivity contribution in [3.05, 3.63) is 23.8 Å². The summed E-state index contributed by atoms with van der Waals surface area (Å²) in [6, 6.07) is 7.11. The van der Waals surface area contributed by atoms with Crippen LogP contribution in [0.5, 0.6) is 11.5 Å². The van der Waals surface area contributed by atoms with E-state index in [1.807, 2.05) is 17.8 Å². The Kier molecular flexibility index (Phi) is 5.40. The van der Waals surface area contributed by atoms with E-state index in [-0.39, 0.29) is 0 Å². The van der Waals surface area contributed by atoms with Gasteiger partial charge in [0.05, 0.1) is 14.2 Å². The summed E-state index contributed by atoms with van der Waals surface area (Å²) in [4.78, 5) is 0. The molecule has 19 heavy (non-hydrogen) atoms. The molecule has 1 aliphatic heterocycles. The zero-order valence-electron chi connectivity index (χ0n) is 11.9. The highest BCUT2D eigenvalue weighted by atomic mass is 32.2. The lowest BCUT2D eigenvalue weighted by atomic mass is 10.1. The van der Waals surface area contributed by atoms with Gasteiger partial charge in [0.1, 0.15) is 0 Å². The van der Waals surface area contributed by atoms with Crippen molar-refractivity contribution < 1.29 is 9.47 Å². The summed E-state index contributed by atoms with van der Waals surface area (Å²) in [5.41, 5.74) is 1.24. The quantitative estimate of drug-likeness (QED) is 0.897. The fourth-order valence-corrected chi connectivity index (χ4v) is 3.53. The molecule has 1 fully saturated rings. The van der Waals surface area contributed by atoms with Crippen LogP contribution in [0.4, 0.5) is 0 Å². The van der Waals surface area contributed by atoms with Crippen LogP contribution in [0.25, 0.3) is 0 Å². The van der Waals surface area contributed by atoms with Crippen molar-refractivity contribution >= 4 is 11.8 Å². The molecule has 0 unspecified atom stereocenters. The Bertz CT molecular complexity index is 405. The van der Waals surface area contributed by atoms with Crippen LogP contribution in [0.1, 0.15) is 31.4 Å². The maximum Gasteiger partial charge on any atom is 0.161 e. The summed E-state index contributed by atoms with van der Waals surface area (Å²) in [5.74, 6) is 4.11. The molecule has 0 aromatic heterocycles. The maximum absolute atomic E-state index is 5.36. The molecule has 1 aromatic carbocycles. The van der Waals surface area contributed by atoms with Gasteiger partial charge in [-0.3, -0.25) is 0 Å². The molecule has 3 nitrogen and oxygen atoms in total. The number of methoxy groups -OCH3 is 2. The first-order chi connectivity index (χ1) is 9.24. The van der Waals surface area contributed by atoms with E-state index in [0.717, 1.165) is 11.5 Å². The Morgan fingerprint density at radius 2 is 2.05 bits per heavy atom. The van der Waals surface area contributed by atoms with Crippen molar-refractivity contribution in [3.63, 3.8) is 0 Å². The summed E-state index contributed by atoms with van der Waals surface area (Å²) in [6.07, 6.45) is 2.60. The summed E-state index contributed by atoms with van der Waals surface area (Å²) >= 11 is 2.05. The van der Waals surface area contributed by atoms with Crippen LogP contribution >= 0.6 is 11.8 Å². The van der Waals surface area contributed by atoms with Crippen molar-refractivity contribution in [2.24, 2.45) is 0 Å². The average molecular weight is 281 g/mol. The molecule has 0 radical (unpaired) electrons. The minimum absolute atomic E-state index is 0.337. The summed E-state index contributed by atoms with van der Waals surface area (Å²) in [5, 5.41) is 3.71. The Morgan fingerprint density at radius 1 is 1.26 bits per heavy atom. The normalized spacial score (nSPS) is 20.9. The summed E-state index contributed by atoms with van der Waals surface area (Å²) in [7, 11) is 3.34. The first kappa shape index (κ1) is 14.5. The second-order valence-corrected chi connectivity index (χ2v) is 6.07. The molecule has 106 valence electrons. The predicted octanol–water partition coefficient (Wildman–Crippen LogP) is 3.25. The van der Waals surface area contributed by atoms with E-state index in [2.05, 4.69) is 24.4 Å². The van der Waals surface area contributed by atoms with E-state index in [4.69, 9.17) is 9.47 Å². The van der Waals surface area contributed by atoms with E-state index in [1.54, 1.807) is 14.2 Å². The molecular weight excluding hydrogens is 258 g/mol. The summed E-state index contributed by atoms with van der Waals surface area (Å²) < 4.78 is 10.6. The number of thioether (sulfide) groups is 1. The van der Waals surface area contributed by atoms with Gasteiger partial charge in [0, 0.05) is 17.8 Å². The number of nitrogens with one attached hydrogen (secondary N) is 1. The van der Waals surface area contributed by atoms with Gasteiger partial charge in [-0.05, 0) is 43.2 Å². The molecule has 1 saturated heterocycles. The number of ether oxygens (including phenoxy) is 2. The van der Waals surface area contributed by atoms with Crippen molar-refractivity contribution in [3.8, 4) is 11.5 Å². The Morgan fingerprint density at radius 3 is 2.68 bits per heavy atom. The zero-order chi connectivity index (χ0) is 13.7. The number of hydrogen-bond donors (Lipinski definition) is 1. The largest absolute Gasteiger partial charge is 0.493 e. The average Bonchev–Trinajstić information content (AvgIpc) is 2.47. The highest BCUT2D eigenvalue weighted by molar-refractivity contribution is 7.99. The van der Waals surface area contributed by atoms with Crippen LogP contribution in [-0.2, 0) is 0 Å². The molecule has 1 aromatic rings. The first-order valence-electron chi connectivity index (χ1n) is 6.80. The fourth-order valence-electron chi connectivity index (χ4n) is 2.44. The lowest BCUT2D eigenvalue weighted by Crippen LogP contribution is -2.35. The molecule has 0 bridgehead atoms. The van der Waals surface area contributed by atoms with Gasteiger partial charge in [-0.1, -0.05) is 6.07 Å². The first-order valence-corrected chi connectivity index (χ1v) is 7.95. The van der Waals surface area contributed by atoms with E-state index in [9.17, 15) is 0 Å². The molecule has 0 aliphatic carbocycles. The van der Waals surface area contributed by atoms with Gasteiger partial charge in [0.2, 0.25) is 0 Å². The molecule has 1 heterocycles. The third-order valence-electron chi connectivity index (χ3n) is 3.55. The molecule has 2 rings (SSSR count). The van der Waals surface area contributed by atoms with E-state index in [0.29, 0.717) is 12.1 Å².